The number of ether oxygens (including phenoxy) is 1. The maximum Gasteiger partial charge on any atom is 0.434 e. The Morgan fingerprint density at radius 1 is 1.11 bits per heavy atom. The molecule has 1 aromatic carbocycles. The van der Waals surface area contributed by atoms with Gasteiger partial charge >= 0.3 is 6.18 Å². The quantitative estimate of drug-likeness (QED) is 0.207. The van der Waals surface area contributed by atoms with Gasteiger partial charge < -0.3 is 24.3 Å². The smallest absolute Gasteiger partial charge is 0.404 e. The van der Waals surface area contributed by atoms with E-state index in [0.29, 0.717) is 47.5 Å². The van der Waals surface area contributed by atoms with Gasteiger partial charge in [-0.25, -0.2) is 9.67 Å². The molecule has 0 radical (unpaired) electrons. The molecule has 0 saturated carbocycles. The fourth-order valence-corrected chi connectivity index (χ4v) is 7.98. The van der Waals surface area contributed by atoms with Crippen molar-refractivity contribution in [2.75, 3.05) is 20.2 Å². The number of nitrogens with one attached hydrogen (secondary N) is 1. The summed E-state index contributed by atoms with van der Waals surface area (Å²) in [7, 11) is -1.17. The van der Waals surface area contributed by atoms with Gasteiger partial charge in [-0.3, -0.25) is 19.4 Å². The van der Waals surface area contributed by atoms with Gasteiger partial charge in [-0.1, -0.05) is 44.0 Å². The van der Waals surface area contributed by atoms with Gasteiger partial charge in [-0.05, 0) is 69.4 Å². The van der Waals surface area contributed by atoms with Gasteiger partial charge in [0.25, 0.3) is 11.8 Å². The molecule has 0 aliphatic carbocycles. The molecule has 55 heavy (non-hydrogen) atoms. The van der Waals surface area contributed by atoms with Crippen LogP contribution in [0.1, 0.15) is 110 Å². The minimum Gasteiger partial charge on any atom is -0.404 e. The molecule has 5 rings (SSSR count). The van der Waals surface area contributed by atoms with E-state index < -0.39 is 50.4 Å². The highest BCUT2D eigenvalue weighted by Crippen LogP contribution is 2.39. The van der Waals surface area contributed by atoms with Crippen LogP contribution < -0.4 is 5.32 Å². The average Bonchev–Trinajstić information content (AvgIpc) is 3.50. The highest BCUT2D eigenvalue weighted by molar-refractivity contribution is 6.74. The largest absolute Gasteiger partial charge is 0.434 e. The molecular formula is C37H48Cl2F3N7O5Si. The summed E-state index contributed by atoms with van der Waals surface area (Å²) in [5.41, 5.74) is 0.411. The second kappa shape index (κ2) is 16.5. The van der Waals surface area contributed by atoms with Crippen LogP contribution in [-0.2, 0) is 33.1 Å². The maximum atomic E-state index is 15.4. The Kier molecular flexibility index (Phi) is 12.8. The van der Waals surface area contributed by atoms with E-state index in [4.69, 9.17) is 37.5 Å². The third kappa shape index (κ3) is 9.19. The van der Waals surface area contributed by atoms with Gasteiger partial charge in [0.05, 0.1) is 53.0 Å². The zero-order valence-electron chi connectivity index (χ0n) is 32.3. The fraction of sp³-hybridized carbons (Fsp3) is 0.568. The van der Waals surface area contributed by atoms with Crippen molar-refractivity contribution in [2.24, 2.45) is 0 Å². The molecule has 4 atom stereocenters. The number of likely N-dealkylation sites (N-methyl/N-ethyl adjacent to an activating group) is 1. The van der Waals surface area contributed by atoms with E-state index >= 15 is 4.79 Å². The van der Waals surface area contributed by atoms with E-state index in [9.17, 15) is 22.8 Å². The molecule has 1 fully saturated rings. The third-order valence-corrected chi connectivity index (χ3v) is 16.0. The number of amides is 3. The lowest BCUT2D eigenvalue weighted by atomic mass is 9.97. The molecule has 300 valence electrons. The van der Waals surface area contributed by atoms with E-state index in [1.165, 1.54) is 18.0 Å². The lowest BCUT2D eigenvalue weighted by Gasteiger charge is -2.40. The molecule has 1 unspecified atom stereocenters. The van der Waals surface area contributed by atoms with Crippen molar-refractivity contribution in [1.29, 1.82) is 0 Å². The monoisotopic (exact) mass is 825 g/mol. The van der Waals surface area contributed by atoms with Crippen molar-refractivity contribution >= 4 is 49.2 Å². The minimum atomic E-state index is -4.73. The molecule has 1 N–H and O–H groups in total. The number of carbonyl (C=O) groups is 3. The van der Waals surface area contributed by atoms with E-state index in [2.05, 4.69) is 15.3 Å². The Labute approximate surface area is 330 Å². The number of benzene rings is 1. The number of nitrogens with zero attached hydrogens (tertiary/aromatic N) is 6. The van der Waals surface area contributed by atoms with Crippen LogP contribution in [0.25, 0.3) is 0 Å². The second-order valence-corrected chi connectivity index (χ2v) is 21.2. The predicted molar refractivity (Wildman–Crippen MR) is 203 cm³/mol. The predicted octanol–water partition coefficient (Wildman–Crippen LogP) is 7.62. The van der Waals surface area contributed by atoms with Crippen LogP contribution in [0, 0.1) is 0 Å². The molecule has 2 aliphatic rings. The van der Waals surface area contributed by atoms with E-state index in [0.717, 1.165) is 19.0 Å². The molecule has 4 heterocycles. The number of hydrogen-bond acceptors (Lipinski definition) is 8. The van der Waals surface area contributed by atoms with Crippen LogP contribution in [0.5, 0.6) is 0 Å². The summed E-state index contributed by atoms with van der Waals surface area (Å²) in [4.78, 5) is 53.6. The van der Waals surface area contributed by atoms with Crippen molar-refractivity contribution in [1.82, 2.24) is 34.9 Å². The van der Waals surface area contributed by atoms with Crippen LogP contribution in [0.2, 0.25) is 28.2 Å². The fourth-order valence-electron chi connectivity index (χ4n) is 6.44. The first-order chi connectivity index (χ1) is 25.6. The lowest BCUT2D eigenvalue weighted by molar-refractivity contribution is -0.141. The van der Waals surface area contributed by atoms with E-state index in [-0.39, 0.29) is 46.5 Å². The molecule has 2 aromatic heterocycles. The van der Waals surface area contributed by atoms with Gasteiger partial charge in [-0.2, -0.15) is 18.3 Å². The number of fused-ring (bicyclic) bond motifs is 1. The second-order valence-electron chi connectivity index (χ2n) is 15.6. The highest BCUT2D eigenvalue weighted by Gasteiger charge is 2.44. The highest BCUT2D eigenvalue weighted by atomic mass is 35.5. The van der Waals surface area contributed by atoms with Crippen LogP contribution in [0.4, 0.5) is 13.2 Å². The zero-order valence-corrected chi connectivity index (χ0v) is 34.8. The normalized spacial score (nSPS) is 19.0. The summed E-state index contributed by atoms with van der Waals surface area (Å²) in [5, 5.41) is 7.78. The summed E-state index contributed by atoms with van der Waals surface area (Å²) in [6, 6.07) is 3.31. The first-order valence-electron chi connectivity index (χ1n) is 18.2. The minimum absolute atomic E-state index is 0.00498. The first kappa shape index (κ1) is 42.6. The number of halogens is 5. The van der Waals surface area contributed by atoms with Crippen molar-refractivity contribution in [3.63, 3.8) is 0 Å². The van der Waals surface area contributed by atoms with Crippen molar-refractivity contribution < 1.29 is 36.7 Å². The summed E-state index contributed by atoms with van der Waals surface area (Å²) in [5.74, 6) is -1.41. The molecule has 12 nitrogen and oxygen atoms in total. The number of alkyl halides is 3. The standard InChI is InChI=1S/C37H48Cl2F3N7O5Si/c1-21-15-27-24(19-47(21)34(51)23-12-13-25(38)26(39)16-23)32(49(46-27)31-11-9-10-14-53-31)35(52)48(22(2)28-17-45-30(18-44-28)37(40,41)42)20-29(33(50)43-6)54-55(7,8)36(3,4)5/h12-13,16-18,21-22,29,31H,9-11,14-15,19-20H2,1-8H3,(H,43,50)/t21-,22+,29-,31?/m1/s1. The Bertz CT molecular complexity index is 1900. The van der Waals surface area contributed by atoms with Crippen LogP contribution in [0.3, 0.4) is 0 Å². The van der Waals surface area contributed by atoms with Crippen LogP contribution in [-0.4, -0.2) is 87.9 Å². The molecule has 3 aromatic rings. The molecular weight excluding hydrogens is 778 g/mol. The summed E-state index contributed by atoms with van der Waals surface area (Å²) in [6.45, 7) is 13.7. The van der Waals surface area contributed by atoms with Gasteiger partial charge in [-0.15, -0.1) is 0 Å². The molecule has 0 spiro atoms. The van der Waals surface area contributed by atoms with Crippen molar-refractivity contribution in [2.45, 2.75) is 116 Å². The number of carbonyl (C=O) groups excluding carboxylic acids is 3. The average molecular weight is 827 g/mol. The first-order valence-corrected chi connectivity index (χ1v) is 21.9. The molecule has 0 bridgehead atoms. The van der Waals surface area contributed by atoms with Gasteiger partial charge in [0.15, 0.2) is 20.2 Å². The lowest BCUT2D eigenvalue weighted by Crippen LogP contribution is -2.53. The summed E-state index contributed by atoms with van der Waals surface area (Å²) >= 11 is 12.4. The topological polar surface area (TPSA) is 132 Å². The van der Waals surface area contributed by atoms with Gasteiger partial charge in [0, 0.05) is 37.2 Å². The SMILES string of the molecule is CNC(=O)[C@@H](CN(C(=O)c1c2c(nn1C1CCCCO1)C[C@@H](C)N(C(=O)c1ccc(Cl)c(Cl)c1)C2)[C@@H](C)c1cnc(C(F)(F)F)cn1)O[Si](C)(C)C(C)(C)C. The van der Waals surface area contributed by atoms with Crippen LogP contribution in [0.15, 0.2) is 30.6 Å². The summed E-state index contributed by atoms with van der Waals surface area (Å²) in [6.07, 6.45) is -2.36. The zero-order chi connectivity index (χ0) is 40.6. The molecule has 18 heteroatoms. The van der Waals surface area contributed by atoms with Gasteiger partial charge in [0.1, 0.15) is 11.8 Å². The third-order valence-electron chi connectivity index (χ3n) is 10.8. The number of hydrogen-bond donors (Lipinski definition) is 1. The van der Waals surface area contributed by atoms with Gasteiger partial charge in [0.2, 0.25) is 5.91 Å². The number of aromatic nitrogens is 4. The molecule has 3 amide bonds. The van der Waals surface area contributed by atoms with Crippen molar-refractivity contribution in [3.8, 4) is 0 Å². The van der Waals surface area contributed by atoms with Crippen molar-refractivity contribution in [3.05, 3.63) is 74.5 Å². The Morgan fingerprint density at radius 3 is 2.38 bits per heavy atom. The Balaban J connectivity index is 1.64. The Hall–Kier alpha value is -3.57. The molecule has 1 saturated heterocycles. The van der Waals surface area contributed by atoms with Crippen LogP contribution >= 0.6 is 23.2 Å². The Morgan fingerprint density at radius 2 is 1.82 bits per heavy atom. The molecule has 2 aliphatic heterocycles. The maximum absolute atomic E-state index is 15.4. The van der Waals surface area contributed by atoms with E-state index in [1.54, 1.807) is 28.6 Å². The number of rotatable bonds is 10. The van der Waals surface area contributed by atoms with E-state index in [1.807, 2.05) is 40.8 Å². The summed E-state index contributed by atoms with van der Waals surface area (Å²) < 4.78 is 54.8.